The Morgan fingerprint density at radius 1 is 1.21 bits per heavy atom. The van der Waals surface area contributed by atoms with Crippen LogP contribution in [0.2, 0.25) is 0 Å². The molecular formula is C19H24FN5O4. The molecule has 10 heteroatoms. The molecule has 3 aliphatic heterocycles. The lowest BCUT2D eigenvalue weighted by Crippen LogP contribution is -2.51. The number of carbonyl (C=O) groups excluding carboxylic acids is 3. The van der Waals surface area contributed by atoms with Crippen LogP contribution < -0.4 is 10.1 Å². The largest absolute Gasteiger partial charge is 0.490 e. The number of amides is 5. The van der Waals surface area contributed by atoms with E-state index in [2.05, 4.69) is 5.32 Å². The average Bonchev–Trinajstić information content (AvgIpc) is 3.12. The SMILES string of the molecule is CN1C(=O)N(C)[C@H]2[C@H]1NC(=O)N2CC(=O)N1CCC(Oc2cccc(F)c2)CC1. The number of nitrogens with one attached hydrogen (secondary N) is 1. The van der Waals surface area contributed by atoms with Crippen molar-refractivity contribution >= 4 is 18.0 Å². The third kappa shape index (κ3) is 3.54. The van der Waals surface area contributed by atoms with Gasteiger partial charge in [-0.2, -0.15) is 0 Å². The van der Waals surface area contributed by atoms with Gasteiger partial charge in [0.1, 0.15) is 36.5 Å². The van der Waals surface area contributed by atoms with Crippen LogP contribution in [0.15, 0.2) is 24.3 Å². The number of benzene rings is 1. The number of likely N-dealkylation sites (N-methyl/N-ethyl adjacent to an activating group) is 2. The van der Waals surface area contributed by atoms with Crippen molar-refractivity contribution in [1.82, 2.24) is 24.9 Å². The van der Waals surface area contributed by atoms with E-state index in [1.54, 1.807) is 31.1 Å². The molecule has 0 saturated carbocycles. The summed E-state index contributed by atoms with van der Waals surface area (Å²) in [6.07, 6.45) is 0.201. The first-order valence-corrected chi connectivity index (χ1v) is 9.62. The smallest absolute Gasteiger partial charge is 0.323 e. The van der Waals surface area contributed by atoms with Gasteiger partial charge in [0.05, 0.1) is 0 Å². The molecule has 29 heavy (non-hydrogen) atoms. The van der Waals surface area contributed by atoms with Crippen LogP contribution in [0.5, 0.6) is 5.75 Å². The molecule has 4 rings (SSSR count). The second kappa shape index (κ2) is 7.41. The van der Waals surface area contributed by atoms with Crippen molar-refractivity contribution in [2.24, 2.45) is 0 Å². The van der Waals surface area contributed by atoms with E-state index in [1.807, 2.05) is 0 Å². The molecule has 0 radical (unpaired) electrons. The molecule has 0 aliphatic carbocycles. The van der Waals surface area contributed by atoms with Crippen LogP contribution in [0, 0.1) is 5.82 Å². The molecule has 3 saturated heterocycles. The van der Waals surface area contributed by atoms with Crippen molar-refractivity contribution in [3.8, 4) is 5.75 Å². The van der Waals surface area contributed by atoms with Gasteiger partial charge in [-0.1, -0.05) is 6.07 Å². The van der Waals surface area contributed by atoms with E-state index >= 15 is 0 Å². The van der Waals surface area contributed by atoms with Crippen molar-refractivity contribution in [2.75, 3.05) is 33.7 Å². The molecule has 2 atom stereocenters. The zero-order valence-electron chi connectivity index (χ0n) is 16.4. The third-order valence-corrected chi connectivity index (χ3v) is 5.75. The molecule has 0 spiro atoms. The summed E-state index contributed by atoms with van der Waals surface area (Å²) >= 11 is 0. The number of ether oxygens (including phenoxy) is 1. The van der Waals surface area contributed by atoms with Crippen LogP contribution in [-0.4, -0.2) is 89.7 Å². The predicted molar refractivity (Wildman–Crippen MR) is 100 cm³/mol. The molecule has 156 valence electrons. The zero-order chi connectivity index (χ0) is 20.7. The monoisotopic (exact) mass is 405 g/mol. The predicted octanol–water partition coefficient (Wildman–Crippen LogP) is 0.870. The van der Waals surface area contributed by atoms with Gasteiger partial charge in [0.15, 0.2) is 0 Å². The Bertz CT molecular complexity index is 829. The maximum atomic E-state index is 13.3. The highest BCUT2D eigenvalue weighted by Gasteiger charge is 2.53. The van der Waals surface area contributed by atoms with Gasteiger partial charge in [0.25, 0.3) is 0 Å². The van der Waals surface area contributed by atoms with E-state index in [0.29, 0.717) is 31.7 Å². The quantitative estimate of drug-likeness (QED) is 0.806. The molecule has 1 N–H and O–H groups in total. The van der Waals surface area contributed by atoms with Crippen molar-refractivity contribution in [1.29, 1.82) is 0 Å². The Labute approximate surface area is 168 Å². The van der Waals surface area contributed by atoms with Crippen LogP contribution in [0.3, 0.4) is 0 Å². The number of carbonyl (C=O) groups is 3. The standard InChI is InChI=1S/C19H24FN5O4/c1-22-16-17(23(2)19(22)28)25(18(27)21-16)11-15(26)24-8-6-13(7-9-24)29-14-5-3-4-12(20)10-14/h3-5,10,13,16-17H,6-9,11H2,1-2H3,(H,21,27)/t16-,17+/m0/s1. The lowest BCUT2D eigenvalue weighted by molar-refractivity contribution is -0.134. The second-order valence-electron chi connectivity index (χ2n) is 7.60. The topological polar surface area (TPSA) is 85.4 Å². The number of halogens is 1. The average molecular weight is 405 g/mol. The van der Waals surface area contributed by atoms with Crippen molar-refractivity contribution in [2.45, 2.75) is 31.3 Å². The first kappa shape index (κ1) is 19.3. The molecule has 1 aromatic rings. The van der Waals surface area contributed by atoms with Gasteiger partial charge in [-0.05, 0) is 12.1 Å². The molecule has 0 unspecified atom stereocenters. The number of piperidine rings is 1. The van der Waals surface area contributed by atoms with Crippen LogP contribution in [0.1, 0.15) is 12.8 Å². The Balaban J connectivity index is 1.32. The molecule has 3 fully saturated rings. The van der Waals surface area contributed by atoms with Gasteiger partial charge in [0.2, 0.25) is 5.91 Å². The van der Waals surface area contributed by atoms with Crippen molar-refractivity contribution in [3.63, 3.8) is 0 Å². The van der Waals surface area contributed by atoms with Crippen molar-refractivity contribution < 1.29 is 23.5 Å². The minimum atomic E-state index is -0.502. The summed E-state index contributed by atoms with van der Waals surface area (Å²) in [5.74, 6) is -0.0358. The third-order valence-electron chi connectivity index (χ3n) is 5.75. The van der Waals surface area contributed by atoms with Crippen LogP contribution in [0.25, 0.3) is 0 Å². The summed E-state index contributed by atoms with van der Waals surface area (Å²) in [5.41, 5.74) is 0. The van der Waals surface area contributed by atoms with Gasteiger partial charge in [0, 0.05) is 46.1 Å². The summed E-state index contributed by atoms with van der Waals surface area (Å²) in [7, 11) is 3.25. The van der Waals surface area contributed by atoms with E-state index in [1.165, 1.54) is 26.8 Å². The lowest BCUT2D eigenvalue weighted by Gasteiger charge is -2.34. The summed E-state index contributed by atoms with van der Waals surface area (Å²) in [6, 6.07) is 5.45. The highest BCUT2D eigenvalue weighted by Crippen LogP contribution is 2.27. The zero-order valence-corrected chi connectivity index (χ0v) is 16.4. The van der Waals surface area contributed by atoms with Gasteiger partial charge < -0.3 is 24.8 Å². The lowest BCUT2D eigenvalue weighted by atomic mass is 10.1. The van der Waals surface area contributed by atoms with E-state index in [4.69, 9.17) is 4.74 Å². The first-order chi connectivity index (χ1) is 13.8. The number of hydrogen-bond acceptors (Lipinski definition) is 4. The number of nitrogens with zero attached hydrogens (tertiary/aromatic N) is 4. The van der Waals surface area contributed by atoms with Gasteiger partial charge >= 0.3 is 12.1 Å². The minimum absolute atomic E-state index is 0.0894. The number of rotatable bonds is 4. The van der Waals surface area contributed by atoms with Gasteiger partial charge in [-0.15, -0.1) is 0 Å². The molecule has 5 amide bonds. The van der Waals surface area contributed by atoms with Gasteiger partial charge in [-0.25, -0.2) is 14.0 Å². The fraction of sp³-hybridized carbons (Fsp3) is 0.526. The summed E-state index contributed by atoms with van der Waals surface area (Å²) in [5, 5.41) is 2.75. The molecule has 9 nitrogen and oxygen atoms in total. The van der Waals surface area contributed by atoms with E-state index < -0.39 is 12.3 Å². The summed E-state index contributed by atoms with van der Waals surface area (Å²) in [6.45, 7) is 0.905. The summed E-state index contributed by atoms with van der Waals surface area (Å²) in [4.78, 5) is 43.2. The highest BCUT2D eigenvalue weighted by molar-refractivity contribution is 5.88. The molecule has 3 heterocycles. The molecule has 0 aromatic heterocycles. The normalized spacial score (nSPS) is 24.8. The Kier molecular flexibility index (Phi) is 4.93. The van der Waals surface area contributed by atoms with Crippen LogP contribution in [0.4, 0.5) is 14.0 Å². The fourth-order valence-corrected chi connectivity index (χ4v) is 4.14. The highest BCUT2D eigenvalue weighted by atomic mass is 19.1. The van der Waals surface area contributed by atoms with Crippen LogP contribution >= 0.6 is 0 Å². The molecule has 3 aliphatic rings. The number of likely N-dealkylation sites (tertiary alicyclic amines) is 1. The van der Waals surface area contributed by atoms with E-state index in [-0.39, 0.29) is 36.4 Å². The minimum Gasteiger partial charge on any atom is -0.490 e. The number of urea groups is 2. The maximum Gasteiger partial charge on any atom is 0.323 e. The van der Waals surface area contributed by atoms with E-state index in [0.717, 1.165) is 0 Å². The number of hydrogen-bond donors (Lipinski definition) is 1. The maximum absolute atomic E-state index is 13.3. The summed E-state index contributed by atoms with van der Waals surface area (Å²) < 4.78 is 19.1. The van der Waals surface area contributed by atoms with Crippen LogP contribution in [-0.2, 0) is 4.79 Å². The Morgan fingerprint density at radius 2 is 1.93 bits per heavy atom. The molecule has 1 aromatic carbocycles. The molecule has 0 bridgehead atoms. The number of fused-ring (bicyclic) bond motifs is 1. The fourth-order valence-electron chi connectivity index (χ4n) is 4.14. The Morgan fingerprint density at radius 3 is 2.62 bits per heavy atom. The molecular weight excluding hydrogens is 381 g/mol. The first-order valence-electron chi connectivity index (χ1n) is 9.62. The Hall–Kier alpha value is -3.04. The van der Waals surface area contributed by atoms with E-state index in [9.17, 15) is 18.8 Å². The second-order valence-corrected chi connectivity index (χ2v) is 7.60. The van der Waals surface area contributed by atoms with Gasteiger partial charge in [-0.3, -0.25) is 9.69 Å². The van der Waals surface area contributed by atoms with Crippen molar-refractivity contribution in [3.05, 3.63) is 30.1 Å².